The van der Waals surface area contributed by atoms with Crippen molar-refractivity contribution in [2.75, 3.05) is 13.1 Å². The number of piperidine rings is 1. The molecule has 1 aliphatic rings. The first-order valence-corrected chi connectivity index (χ1v) is 10.1. The zero-order valence-electron chi connectivity index (χ0n) is 16.0. The Kier molecular flexibility index (Phi) is 5.53. The molecule has 0 saturated carbocycles. The van der Waals surface area contributed by atoms with E-state index >= 15 is 0 Å². The molecule has 1 aromatic heterocycles. The average Bonchev–Trinajstić information content (AvgIpc) is 3.05. The minimum absolute atomic E-state index is 0.133. The van der Waals surface area contributed by atoms with Gasteiger partial charge in [-0.1, -0.05) is 42.8 Å². The van der Waals surface area contributed by atoms with E-state index in [2.05, 4.69) is 6.92 Å². The third kappa shape index (κ3) is 3.99. The molecule has 1 fully saturated rings. The topological polar surface area (TPSA) is 47.4 Å². The second kappa shape index (κ2) is 8.23. The number of rotatable bonds is 5. The van der Waals surface area contributed by atoms with Gasteiger partial charge in [0.15, 0.2) is 0 Å². The molecular weight excluding hydrogens is 374 g/mol. The largest absolute Gasteiger partial charge is 0.484 e. The van der Waals surface area contributed by atoms with E-state index in [-0.39, 0.29) is 19.1 Å². The number of imidazole rings is 1. The van der Waals surface area contributed by atoms with Crippen molar-refractivity contribution in [3.8, 4) is 5.75 Å². The lowest BCUT2D eigenvalue weighted by Gasteiger charge is -2.30. The van der Waals surface area contributed by atoms with E-state index in [1.807, 2.05) is 51.9 Å². The number of amides is 1. The summed E-state index contributed by atoms with van der Waals surface area (Å²) in [6.07, 6.45) is 2.14. The molecule has 146 valence electrons. The van der Waals surface area contributed by atoms with Crippen molar-refractivity contribution in [1.29, 1.82) is 0 Å². The number of ether oxygens (including phenoxy) is 1. The minimum atomic E-state index is 0.133. The third-order valence-electron chi connectivity index (χ3n) is 5.36. The van der Waals surface area contributed by atoms with Gasteiger partial charge in [0.1, 0.15) is 24.7 Å². The Balaban J connectivity index is 1.56. The molecule has 1 amide bonds. The SMILES string of the molecule is CC1CCN(C(=O)Cn2c(COc3ccccc3Cl)nc3ccccc32)CC1. The molecule has 0 N–H and O–H groups in total. The van der Waals surface area contributed by atoms with E-state index in [4.69, 9.17) is 21.3 Å². The van der Waals surface area contributed by atoms with Gasteiger partial charge in [-0.15, -0.1) is 0 Å². The number of para-hydroxylation sites is 3. The van der Waals surface area contributed by atoms with Gasteiger partial charge in [-0.3, -0.25) is 4.79 Å². The van der Waals surface area contributed by atoms with Crippen LogP contribution in [-0.4, -0.2) is 33.4 Å². The van der Waals surface area contributed by atoms with E-state index in [0.29, 0.717) is 16.7 Å². The summed E-state index contributed by atoms with van der Waals surface area (Å²) in [5.41, 5.74) is 1.80. The maximum atomic E-state index is 12.9. The molecule has 6 heteroatoms. The van der Waals surface area contributed by atoms with E-state index in [1.54, 1.807) is 6.07 Å². The standard InChI is InChI=1S/C22H24ClN3O2/c1-16-10-12-25(13-11-16)22(27)14-26-19-8-4-3-7-18(19)24-21(26)15-28-20-9-5-2-6-17(20)23/h2-9,16H,10-15H2,1H3. The van der Waals surface area contributed by atoms with Gasteiger partial charge < -0.3 is 14.2 Å². The Morgan fingerprint density at radius 1 is 1.14 bits per heavy atom. The van der Waals surface area contributed by atoms with Crippen LogP contribution in [0.4, 0.5) is 0 Å². The maximum Gasteiger partial charge on any atom is 0.242 e. The van der Waals surface area contributed by atoms with Gasteiger partial charge in [-0.25, -0.2) is 4.98 Å². The number of nitrogens with zero attached hydrogens (tertiary/aromatic N) is 3. The fraction of sp³-hybridized carbons (Fsp3) is 0.364. The van der Waals surface area contributed by atoms with Crippen LogP contribution >= 0.6 is 11.6 Å². The first kappa shape index (κ1) is 18.8. The molecule has 28 heavy (non-hydrogen) atoms. The third-order valence-corrected chi connectivity index (χ3v) is 5.67. The average molecular weight is 398 g/mol. The van der Waals surface area contributed by atoms with Gasteiger partial charge in [-0.05, 0) is 43.0 Å². The Bertz CT molecular complexity index is 977. The van der Waals surface area contributed by atoms with Crippen LogP contribution < -0.4 is 4.74 Å². The number of carbonyl (C=O) groups is 1. The van der Waals surface area contributed by atoms with Crippen LogP contribution in [0.25, 0.3) is 11.0 Å². The lowest BCUT2D eigenvalue weighted by molar-refractivity contribution is -0.133. The molecule has 0 atom stereocenters. The number of benzene rings is 2. The minimum Gasteiger partial charge on any atom is -0.484 e. The molecule has 1 saturated heterocycles. The Morgan fingerprint density at radius 2 is 1.86 bits per heavy atom. The predicted molar refractivity (Wildman–Crippen MR) is 110 cm³/mol. The number of hydrogen-bond acceptors (Lipinski definition) is 3. The van der Waals surface area contributed by atoms with Crippen LogP contribution in [0.3, 0.4) is 0 Å². The van der Waals surface area contributed by atoms with Crippen LogP contribution in [0.5, 0.6) is 5.75 Å². The van der Waals surface area contributed by atoms with Gasteiger partial charge in [0.05, 0.1) is 16.1 Å². The molecule has 0 spiro atoms. The number of halogens is 1. The van der Waals surface area contributed by atoms with Crippen LogP contribution in [0.15, 0.2) is 48.5 Å². The molecule has 3 aromatic rings. The first-order valence-electron chi connectivity index (χ1n) is 9.71. The Hall–Kier alpha value is -2.53. The second-order valence-electron chi connectivity index (χ2n) is 7.39. The molecule has 1 aliphatic heterocycles. The Labute approximate surface area is 169 Å². The number of aromatic nitrogens is 2. The second-order valence-corrected chi connectivity index (χ2v) is 7.79. The summed E-state index contributed by atoms with van der Waals surface area (Å²) >= 11 is 6.19. The van der Waals surface area contributed by atoms with E-state index in [0.717, 1.165) is 42.8 Å². The summed E-state index contributed by atoms with van der Waals surface area (Å²) in [6.45, 7) is 4.43. The van der Waals surface area contributed by atoms with Crippen LogP contribution in [0.2, 0.25) is 5.02 Å². The molecule has 5 nitrogen and oxygen atoms in total. The van der Waals surface area contributed by atoms with Gasteiger partial charge in [0.2, 0.25) is 5.91 Å². The number of hydrogen-bond donors (Lipinski definition) is 0. The smallest absolute Gasteiger partial charge is 0.242 e. The summed E-state index contributed by atoms with van der Waals surface area (Å²) in [5, 5.41) is 0.559. The molecule has 2 heterocycles. The molecule has 4 rings (SSSR count). The lowest BCUT2D eigenvalue weighted by Crippen LogP contribution is -2.40. The molecule has 0 aliphatic carbocycles. The van der Waals surface area contributed by atoms with Crippen LogP contribution in [0.1, 0.15) is 25.6 Å². The van der Waals surface area contributed by atoms with Crippen molar-refractivity contribution < 1.29 is 9.53 Å². The zero-order chi connectivity index (χ0) is 19.5. The zero-order valence-corrected chi connectivity index (χ0v) is 16.7. The van der Waals surface area contributed by atoms with E-state index in [1.165, 1.54) is 0 Å². The summed E-state index contributed by atoms with van der Waals surface area (Å²) in [7, 11) is 0. The van der Waals surface area contributed by atoms with E-state index < -0.39 is 0 Å². The van der Waals surface area contributed by atoms with E-state index in [9.17, 15) is 4.79 Å². The maximum absolute atomic E-state index is 12.9. The summed E-state index contributed by atoms with van der Waals surface area (Å²) in [5.74, 6) is 2.16. The summed E-state index contributed by atoms with van der Waals surface area (Å²) in [4.78, 5) is 19.6. The number of carbonyl (C=O) groups excluding carboxylic acids is 1. The number of likely N-dealkylation sites (tertiary alicyclic amines) is 1. The quantitative estimate of drug-likeness (QED) is 0.635. The molecule has 0 bridgehead atoms. The lowest BCUT2D eigenvalue weighted by atomic mass is 9.99. The van der Waals surface area contributed by atoms with Gasteiger partial charge in [0.25, 0.3) is 0 Å². The first-order chi connectivity index (χ1) is 13.6. The fourth-order valence-corrected chi connectivity index (χ4v) is 3.80. The predicted octanol–water partition coefficient (Wildman–Crippen LogP) is 4.53. The summed E-state index contributed by atoms with van der Waals surface area (Å²) < 4.78 is 7.86. The number of fused-ring (bicyclic) bond motifs is 1. The van der Waals surface area contributed by atoms with Crippen LogP contribution in [-0.2, 0) is 17.9 Å². The van der Waals surface area contributed by atoms with Gasteiger partial charge >= 0.3 is 0 Å². The van der Waals surface area contributed by atoms with Gasteiger partial charge in [0, 0.05) is 13.1 Å². The Morgan fingerprint density at radius 3 is 2.64 bits per heavy atom. The normalized spacial score (nSPS) is 15.1. The van der Waals surface area contributed by atoms with Crippen molar-refractivity contribution in [3.05, 3.63) is 59.4 Å². The highest BCUT2D eigenvalue weighted by molar-refractivity contribution is 6.32. The van der Waals surface area contributed by atoms with Crippen molar-refractivity contribution >= 4 is 28.5 Å². The molecular formula is C22H24ClN3O2. The fourth-order valence-electron chi connectivity index (χ4n) is 3.61. The summed E-state index contributed by atoms with van der Waals surface area (Å²) in [6, 6.07) is 15.2. The van der Waals surface area contributed by atoms with Crippen molar-refractivity contribution in [3.63, 3.8) is 0 Å². The highest BCUT2D eigenvalue weighted by Crippen LogP contribution is 2.25. The molecule has 0 unspecified atom stereocenters. The van der Waals surface area contributed by atoms with Crippen molar-refractivity contribution in [2.24, 2.45) is 5.92 Å². The van der Waals surface area contributed by atoms with Crippen molar-refractivity contribution in [2.45, 2.75) is 32.9 Å². The highest BCUT2D eigenvalue weighted by Gasteiger charge is 2.22. The van der Waals surface area contributed by atoms with Crippen LogP contribution in [0, 0.1) is 5.92 Å². The van der Waals surface area contributed by atoms with Crippen molar-refractivity contribution in [1.82, 2.24) is 14.5 Å². The highest BCUT2D eigenvalue weighted by atomic mass is 35.5. The molecule has 2 aromatic carbocycles. The monoisotopic (exact) mass is 397 g/mol. The molecule has 0 radical (unpaired) electrons. The van der Waals surface area contributed by atoms with Gasteiger partial charge in [-0.2, -0.15) is 0 Å².